The van der Waals surface area contributed by atoms with Crippen molar-refractivity contribution < 1.29 is 9.53 Å². The predicted octanol–water partition coefficient (Wildman–Crippen LogP) is 2.69. The molecule has 2 N–H and O–H groups in total. The first-order valence-electron chi connectivity index (χ1n) is 8.31. The number of halogens is 1. The van der Waals surface area contributed by atoms with Gasteiger partial charge in [-0.15, -0.1) is 0 Å². The van der Waals surface area contributed by atoms with Crippen LogP contribution in [0.2, 0.25) is 0 Å². The molecule has 0 spiro atoms. The molecule has 2 fully saturated rings. The SMILES string of the molecule is CN(CC1(c2ccc(Br)cc2)CC1)C(=O)C1(CN)CCOCC1. The zero-order valence-electron chi connectivity index (χ0n) is 13.7. The van der Waals surface area contributed by atoms with Crippen molar-refractivity contribution in [1.82, 2.24) is 4.90 Å². The monoisotopic (exact) mass is 380 g/mol. The first-order chi connectivity index (χ1) is 11.0. The molecular formula is C18H25BrN2O2. The van der Waals surface area contributed by atoms with Crippen LogP contribution in [0, 0.1) is 5.41 Å². The van der Waals surface area contributed by atoms with Gasteiger partial charge in [-0.05, 0) is 43.4 Å². The molecular weight excluding hydrogens is 356 g/mol. The van der Waals surface area contributed by atoms with Crippen LogP contribution in [0.25, 0.3) is 0 Å². The maximum absolute atomic E-state index is 13.0. The molecule has 1 amide bonds. The minimum atomic E-state index is -0.428. The third-order valence-electron chi connectivity index (χ3n) is 5.49. The predicted molar refractivity (Wildman–Crippen MR) is 94.2 cm³/mol. The van der Waals surface area contributed by atoms with E-state index in [1.807, 2.05) is 11.9 Å². The van der Waals surface area contributed by atoms with E-state index in [0.29, 0.717) is 19.8 Å². The molecule has 0 unspecified atom stereocenters. The van der Waals surface area contributed by atoms with Crippen LogP contribution in [0.1, 0.15) is 31.2 Å². The Kier molecular flexibility index (Phi) is 4.81. The topological polar surface area (TPSA) is 55.6 Å². The molecule has 0 bridgehead atoms. The van der Waals surface area contributed by atoms with Crippen LogP contribution in [0.4, 0.5) is 0 Å². The van der Waals surface area contributed by atoms with Crippen molar-refractivity contribution in [2.45, 2.75) is 31.1 Å². The van der Waals surface area contributed by atoms with E-state index >= 15 is 0 Å². The van der Waals surface area contributed by atoms with Crippen molar-refractivity contribution in [2.24, 2.45) is 11.1 Å². The van der Waals surface area contributed by atoms with Crippen LogP contribution in [-0.4, -0.2) is 44.2 Å². The highest BCUT2D eigenvalue weighted by Gasteiger charge is 2.48. The fourth-order valence-electron chi connectivity index (χ4n) is 3.69. The van der Waals surface area contributed by atoms with Crippen molar-refractivity contribution in [3.8, 4) is 0 Å². The molecule has 2 aliphatic rings. The second kappa shape index (κ2) is 6.54. The largest absolute Gasteiger partial charge is 0.381 e. The van der Waals surface area contributed by atoms with Gasteiger partial charge in [0.05, 0.1) is 5.41 Å². The lowest BCUT2D eigenvalue weighted by atomic mass is 9.78. The van der Waals surface area contributed by atoms with E-state index < -0.39 is 5.41 Å². The zero-order valence-corrected chi connectivity index (χ0v) is 15.3. The van der Waals surface area contributed by atoms with Crippen LogP contribution in [0.15, 0.2) is 28.7 Å². The van der Waals surface area contributed by atoms with E-state index in [1.54, 1.807) is 0 Å². The highest BCUT2D eigenvalue weighted by Crippen LogP contribution is 2.49. The summed E-state index contributed by atoms with van der Waals surface area (Å²) in [6.07, 6.45) is 3.76. The number of carbonyl (C=O) groups is 1. The number of rotatable bonds is 5. The van der Waals surface area contributed by atoms with Crippen LogP contribution < -0.4 is 5.73 Å². The van der Waals surface area contributed by atoms with Gasteiger partial charge in [-0.2, -0.15) is 0 Å². The lowest BCUT2D eigenvalue weighted by molar-refractivity contribution is -0.146. The fourth-order valence-corrected chi connectivity index (χ4v) is 3.95. The Morgan fingerprint density at radius 2 is 1.83 bits per heavy atom. The third kappa shape index (κ3) is 3.32. The van der Waals surface area contributed by atoms with Gasteiger partial charge in [-0.3, -0.25) is 4.79 Å². The summed E-state index contributed by atoms with van der Waals surface area (Å²) in [5.41, 5.74) is 7.01. The number of nitrogens with zero attached hydrogens (tertiary/aromatic N) is 1. The normalized spacial score (nSPS) is 21.7. The summed E-state index contributed by atoms with van der Waals surface area (Å²) in [6, 6.07) is 8.50. The lowest BCUT2D eigenvalue weighted by Gasteiger charge is -2.38. The van der Waals surface area contributed by atoms with Crippen LogP contribution >= 0.6 is 15.9 Å². The summed E-state index contributed by atoms with van der Waals surface area (Å²) in [6.45, 7) is 2.45. The van der Waals surface area contributed by atoms with E-state index in [9.17, 15) is 4.79 Å². The average Bonchev–Trinajstić information content (AvgIpc) is 3.36. The van der Waals surface area contributed by atoms with Gasteiger partial charge in [0, 0.05) is 43.2 Å². The molecule has 1 aliphatic carbocycles. The molecule has 1 heterocycles. The average molecular weight is 381 g/mol. The van der Waals surface area contributed by atoms with Crippen LogP contribution in [0.3, 0.4) is 0 Å². The molecule has 0 radical (unpaired) electrons. The number of amides is 1. The highest BCUT2D eigenvalue weighted by atomic mass is 79.9. The molecule has 4 nitrogen and oxygen atoms in total. The minimum Gasteiger partial charge on any atom is -0.381 e. The Labute approximate surface area is 146 Å². The Morgan fingerprint density at radius 1 is 1.22 bits per heavy atom. The summed E-state index contributed by atoms with van der Waals surface area (Å²) >= 11 is 3.48. The Morgan fingerprint density at radius 3 is 2.35 bits per heavy atom. The number of nitrogens with two attached hydrogens (primary N) is 1. The molecule has 126 valence electrons. The zero-order chi connectivity index (χ0) is 16.5. The molecule has 1 saturated heterocycles. The number of likely N-dealkylation sites (N-methyl/N-ethyl adjacent to an activating group) is 1. The number of hydrogen-bond acceptors (Lipinski definition) is 3. The maximum atomic E-state index is 13.0. The number of benzene rings is 1. The number of hydrogen-bond donors (Lipinski definition) is 1. The molecule has 1 aromatic carbocycles. The Bertz CT molecular complexity index is 563. The van der Waals surface area contributed by atoms with Gasteiger partial charge in [-0.1, -0.05) is 28.1 Å². The van der Waals surface area contributed by atoms with E-state index in [-0.39, 0.29) is 11.3 Å². The minimum absolute atomic E-state index is 0.131. The molecule has 23 heavy (non-hydrogen) atoms. The third-order valence-corrected chi connectivity index (χ3v) is 6.02. The Balaban J connectivity index is 1.72. The van der Waals surface area contributed by atoms with Crippen molar-refractivity contribution in [1.29, 1.82) is 0 Å². The van der Waals surface area contributed by atoms with Crippen molar-refractivity contribution in [3.63, 3.8) is 0 Å². The number of ether oxygens (including phenoxy) is 1. The van der Waals surface area contributed by atoms with Crippen molar-refractivity contribution in [3.05, 3.63) is 34.3 Å². The van der Waals surface area contributed by atoms with Gasteiger partial charge >= 0.3 is 0 Å². The summed E-state index contributed by atoms with van der Waals surface area (Å²) in [7, 11) is 1.92. The second-order valence-corrected chi connectivity index (χ2v) is 7.96. The molecule has 0 atom stereocenters. The van der Waals surface area contributed by atoms with Gasteiger partial charge < -0.3 is 15.4 Å². The number of carbonyl (C=O) groups excluding carboxylic acids is 1. The van der Waals surface area contributed by atoms with Gasteiger partial charge in [0.15, 0.2) is 0 Å². The smallest absolute Gasteiger partial charge is 0.230 e. The van der Waals surface area contributed by atoms with E-state index in [4.69, 9.17) is 10.5 Å². The molecule has 3 rings (SSSR count). The van der Waals surface area contributed by atoms with E-state index in [1.165, 1.54) is 5.56 Å². The first-order valence-corrected chi connectivity index (χ1v) is 9.10. The van der Waals surface area contributed by atoms with E-state index in [2.05, 4.69) is 40.2 Å². The van der Waals surface area contributed by atoms with E-state index in [0.717, 1.165) is 36.7 Å². The van der Waals surface area contributed by atoms with Gasteiger partial charge in [0.2, 0.25) is 5.91 Å². The molecule has 5 heteroatoms. The van der Waals surface area contributed by atoms with Gasteiger partial charge in [0.1, 0.15) is 0 Å². The fraction of sp³-hybridized carbons (Fsp3) is 0.611. The van der Waals surface area contributed by atoms with Gasteiger partial charge in [-0.25, -0.2) is 0 Å². The standard InChI is InChI=1S/C18H25BrN2O2/c1-21(16(22)17(12-20)8-10-23-11-9-17)13-18(6-7-18)14-2-4-15(19)5-3-14/h2-5H,6-13,20H2,1H3. The van der Waals surface area contributed by atoms with Crippen LogP contribution in [0.5, 0.6) is 0 Å². The lowest BCUT2D eigenvalue weighted by Crippen LogP contribution is -2.51. The summed E-state index contributed by atoms with van der Waals surface area (Å²) < 4.78 is 6.51. The quantitative estimate of drug-likeness (QED) is 0.853. The maximum Gasteiger partial charge on any atom is 0.230 e. The molecule has 1 aromatic rings. The van der Waals surface area contributed by atoms with Crippen molar-refractivity contribution >= 4 is 21.8 Å². The van der Waals surface area contributed by atoms with Crippen molar-refractivity contribution in [2.75, 3.05) is 33.4 Å². The first kappa shape index (κ1) is 16.9. The summed E-state index contributed by atoms with van der Waals surface area (Å²) in [4.78, 5) is 14.9. The second-order valence-electron chi connectivity index (χ2n) is 7.05. The Hall–Kier alpha value is -0.910. The van der Waals surface area contributed by atoms with Crippen LogP contribution in [-0.2, 0) is 14.9 Å². The molecule has 1 saturated carbocycles. The summed E-state index contributed by atoms with van der Waals surface area (Å²) in [5, 5.41) is 0. The molecule has 1 aliphatic heterocycles. The summed E-state index contributed by atoms with van der Waals surface area (Å²) in [5.74, 6) is 0.187. The molecule has 0 aromatic heterocycles. The van der Waals surface area contributed by atoms with Gasteiger partial charge in [0.25, 0.3) is 0 Å². The highest BCUT2D eigenvalue weighted by molar-refractivity contribution is 9.10.